The molecule has 0 bridgehead atoms. The van der Waals surface area contributed by atoms with E-state index in [4.69, 9.17) is 9.47 Å². The van der Waals surface area contributed by atoms with Gasteiger partial charge < -0.3 is 14.2 Å². The topological polar surface area (TPSA) is 61.8 Å². The molecule has 0 radical (unpaired) electrons. The Kier molecular flexibility index (Phi) is 7.66. The fourth-order valence-electron chi connectivity index (χ4n) is 2.88. The maximum absolute atomic E-state index is 14.8. The van der Waals surface area contributed by atoms with Crippen LogP contribution in [0, 0.1) is 17.5 Å². The fourth-order valence-corrected chi connectivity index (χ4v) is 2.88. The van der Waals surface area contributed by atoms with Crippen molar-refractivity contribution in [2.45, 2.75) is 0 Å². The van der Waals surface area contributed by atoms with Gasteiger partial charge in [0.05, 0.1) is 0 Å². The highest BCUT2D eigenvalue weighted by atomic mass is 19.1. The van der Waals surface area contributed by atoms with Gasteiger partial charge in [-0.25, -0.2) is 22.8 Å². The van der Waals surface area contributed by atoms with Crippen molar-refractivity contribution >= 4 is 11.9 Å². The lowest BCUT2D eigenvalue weighted by molar-refractivity contribution is -0.132. The highest BCUT2D eigenvalue weighted by Gasteiger charge is 2.14. The molecule has 3 rings (SSSR count). The van der Waals surface area contributed by atoms with Gasteiger partial charge in [0.25, 0.3) is 0 Å². The Morgan fingerprint density at radius 2 is 1.29 bits per heavy atom. The second-order valence-corrected chi connectivity index (χ2v) is 6.64. The predicted molar refractivity (Wildman–Crippen MR) is 119 cm³/mol. The van der Waals surface area contributed by atoms with Crippen LogP contribution < -0.4 is 9.47 Å². The molecule has 3 aromatic carbocycles. The maximum Gasteiger partial charge on any atom is 0.335 e. The van der Waals surface area contributed by atoms with Crippen LogP contribution in [0.2, 0.25) is 0 Å². The normalized spacial score (nSPS) is 10.6. The molecule has 172 valence electrons. The summed E-state index contributed by atoms with van der Waals surface area (Å²) in [5, 5.41) is 0. The molecule has 0 saturated carbocycles. The van der Waals surface area contributed by atoms with E-state index >= 15 is 0 Å². The minimum atomic E-state index is -0.781. The fraction of sp³-hybridized carbons (Fsp3) is 0. The number of rotatable bonds is 8. The summed E-state index contributed by atoms with van der Waals surface area (Å²) >= 11 is 0. The molecule has 0 N–H and O–H groups in total. The lowest BCUT2D eigenvalue weighted by Crippen LogP contribution is -2.03. The van der Waals surface area contributed by atoms with Crippen LogP contribution in [-0.4, -0.2) is 11.9 Å². The first kappa shape index (κ1) is 24.1. The Balaban J connectivity index is 1.79. The Labute approximate surface area is 193 Å². The smallest absolute Gasteiger partial charge is 0.335 e. The predicted octanol–water partition coefficient (Wildman–Crippen LogP) is 6.11. The molecule has 0 amide bonds. The van der Waals surface area contributed by atoms with Crippen LogP contribution >= 0.6 is 0 Å². The second-order valence-electron chi connectivity index (χ2n) is 6.64. The number of carbonyl (C=O) groups is 2. The first-order chi connectivity index (χ1) is 16.3. The molecule has 5 nitrogen and oxygen atoms in total. The highest BCUT2D eigenvalue weighted by Crippen LogP contribution is 2.32. The third-order valence-electron chi connectivity index (χ3n) is 4.45. The quantitative estimate of drug-likeness (QED) is 0.174. The van der Waals surface area contributed by atoms with Crippen LogP contribution in [-0.2, 0) is 14.3 Å². The zero-order chi connectivity index (χ0) is 24.7. The van der Waals surface area contributed by atoms with E-state index in [0.29, 0.717) is 0 Å². The lowest BCUT2D eigenvalue weighted by atomic mass is 9.99. The summed E-state index contributed by atoms with van der Waals surface area (Å²) < 4.78 is 58.1. The van der Waals surface area contributed by atoms with Crippen molar-refractivity contribution in [2.24, 2.45) is 0 Å². The molecule has 0 atom stereocenters. The number of hydrogen-bond donors (Lipinski definition) is 0. The third kappa shape index (κ3) is 5.80. The van der Waals surface area contributed by atoms with Gasteiger partial charge in [0, 0.05) is 29.3 Å². The van der Waals surface area contributed by atoms with Gasteiger partial charge >= 0.3 is 11.9 Å². The molecular weight excluding hydrogens is 449 g/mol. The van der Waals surface area contributed by atoms with E-state index in [0.717, 1.165) is 42.9 Å². The molecule has 3 aromatic rings. The molecule has 0 heterocycles. The van der Waals surface area contributed by atoms with Crippen molar-refractivity contribution in [3.63, 3.8) is 0 Å². The van der Waals surface area contributed by atoms with E-state index < -0.39 is 29.4 Å². The molecule has 0 fully saturated rings. The zero-order valence-electron chi connectivity index (χ0n) is 17.6. The van der Waals surface area contributed by atoms with Crippen LogP contribution in [0.15, 0.2) is 92.4 Å². The molecular formula is C26H17F3O5. The van der Waals surface area contributed by atoms with Gasteiger partial charge in [-0.05, 0) is 41.5 Å². The van der Waals surface area contributed by atoms with E-state index in [-0.39, 0.29) is 33.8 Å². The maximum atomic E-state index is 14.8. The van der Waals surface area contributed by atoms with Gasteiger partial charge in [-0.3, -0.25) is 0 Å². The first-order valence-corrected chi connectivity index (χ1v) is 9.70. The molecule has 0 aliphatic rings. The summed E-state index contributed by atoms with van der Waals surface area (Å²) in [5.41, 5.74) is 0.632. The monoisotopic (exact) mass is 466 g/mol. The zero-order valence-corrected chi connectivity index (χ0v) is 17.6. The molecule has 0 aliphatic heterocycles. The summed E-state index contributed by atoms with van der Waals surface area (Å²) in [6, 6.07) is 11.5. The molecule has 34 heavy (non-hydrogen) atoms. The number of ether oxygens (including phenoxy) is 3. The molecule has 0 aromatic heterocycles. The van der Waals surface area contributed by atoms with Gasteiger partial charge in [-0.15, -0.1) is 0 Å². The average Bonchev–Trinajstić information content (AvgIpc) is 2.82. The van der Waals surface area contributed by atoms with Crippen molar-refractivity contribution in [1.82, 2.24) is 0 Å². The largest absolute Gasteiger partial charge is 0.459 e. The second kappa shape index (κ2) is 10.8. The van der Waals surface area contributed by atoms with Crippen molar-refractivity contribution in [3.8, 4) is 33.8 Å². The first-order valence-electron chi connectivity index (χ1n) is 9.70. The van der Waals surface area contributed by atoms with Crippen LogP contribution in [0.25, 0.3) is 22.3 Å². The highest BCUT2D eigenvalue weighted by molar-refractivity contribution is 5.83. The van der Waals surface area contributed by atoms with E-state index in [9.17, 15) is 22.8 Å². The standard InChI is InChI=1S/C26H17F3O5/c1-3-25(30)33-12-11-32-24-10-6-17(14-23(24)29)19-8-5-16(13-21(19)27)20-9-7-18(15-22(20)28)34-26(31)4-2/h3-15H,1-2H2/b12-11-. The summed E-state index contributed by atoms with van der Waals surface area (Å²) in [7, 11) is 0. The van der Waals surface area contributed by atoms with Gasteiger partial charge in [0.1, 0.15) is 29.9 Å². The summed E-state index contributed by atoms with van der Waals surface area (Å²) in [6.07, 6.45) is 3.78. The van der Waals surface area contributed by atoms with Crippen LogP contribution in [0.4, 0.5) is 13.2 Å². The van der Waals surface area contributed by atoms with E-state index in [1.54, 1.807) is 0 Å². The number of benzene rings is 3. The van der Waals surface area contributed by atoms with E-state index in [1.807, 2.05) is 0 Å². The van der Waals surface area contributed by atoms with Crippen molar-refractivity contribution < 1.29 is 37.0 Å². The minimum Gasteiger partial charge on any atom is -0.459 e. The summed E-state index contributed by atoms with van der Waals surface area (Å²) in [4.78, 5) is 22.2. The molecule has 0 aliphatic carbocycles. The van der Waals surface area contributed by atoms with E-state index in [1.165, 1.54) is 36.4 Å². The van der Waals surface area contributed by atoms with Crippen LogP contribution in [0.3, 0.4) is 0 Å². The summed E-state index contributed by atoms with van der Waals surface area (Å²) in [6.45, 7) is 6.48. The van der Waals surface area contributed by atoms with Crippen molar-refractivity contribution in [1.29, 1.82) is 0 Å². The van der Waals surface area contributed by atoms with Crippen molar-refractivity contribution in [2.75, 3.05) is 0 Å². The van der Waals surface area contributed by atoms with Crippen LogP contribution in [0.1, 0.15) is 0 Å². The Hall–Kier alpha value is -4.59. The van der Waals surface area contributed by atoms with Crippen LogP contribution in [0.5, 0.6) is 11.5 Å². The molecule has 0 spiro atoms. The van der Waals surface area contributed by atoms with Gasteiger partial charge in [-0.1, -0.05) is 31.4 Å². The number of esters is 2. The Morgan fingerprint density at radius 1 is 0.706 bits per heavy atom. The third-order valence-corrected chi connectivity index (χ3v) is 4.45. The average molecular weight is 466 g/mol. The SMILES string of the molecule is C=CC(=O)O/C=C\Oc1ccc(-c2ccc(-c3ccc(OC(=O)C=C)cc3F)cc2F)cc1F. The number of hydrogen-bond acceptors (Lipinski definition) is 5. The molecule has 8 heteroatoms. The number of carbonyl (C=O) groups excluding carboxylic acids is 2. The lowest BCUT2D eigenvalue weighted by Gasteiger charge is -2.10. The number of halogens is 3. The van der Waals surface area contributed by atoms with E-state index in [2.05, 4.69) is 17.9 Å². The van der Waals surface area contributed by atoms with Crippen molar-refractivity contribution in [3.05, 3.63) is 110 Å². The van der Waals surface area contributed by atoms with Gasteiger partial charge in [0.15, 0.2) is 11.6 Å². The summed E-state index contributed by atoms with van der Waals surface area (Å²) in [5.74, 6) is -3.85. The Bertz CT molecular complexity index is 1300. The van der Waals surface area contributed by atoms with Gasteiger partial charge in [-0.2, -0.15) is 0 Å². The molecule has 0 saturated heterocycles. The Morgan fingerprint density at radius 3 is 1.88 bits per heavy atom. The molecule has 0 unspecified atom stereocenters. The minimum absolute atomic E-state index is 0.0188. The van der Waals surface area contributed by atoms with Gasteiger partial charge in [0.2, 0.25) is 0 Å².